The maximum absolute atomic E-state index is 11.5. The van der Waals surface area contributed by atoms with Crippen molar-refractivity contribution in [2.45, 2.75) is 32.3 Å². The lowest BCUT2D eigenvalue weighted by Crippen LogP contribution is -2.05. The van der Waals surface area contributed by atoms with Gasteiger partial charge in [-0.3, -0.25) is 0 Å². The molecule has 1 aromatic rings. The molecule has 2 N–H and O–H groups in total. The second kappa shape index (κ2) is 7.09. The number of ether oxygens (including phenoxy) is 1. The highest BCUT2D eigenvalue weighted by molar-refractivity contribution is 5.86. The average molecular weight is 242 g/mol. The summed E-state index contributed by atoms with van der Waals surface area (Å²) in [6.07, 6.45) is 1.06. The Morgan fingerprint density at radius 3 is 2.88 bits per heavy atom. The molecule has 0 fully saturated rings. The van der Waals surface area contributed by atoms with Crippen molar-refractivity contribution in [2.24, 2.45) is 0 Å². The van der Waals surface area contributed by atoms with E-state index in [9.17, 15) is 9.90 Å². The summed E-state index contributed by atoms with van der Waals surface area (Å²) in [5.41, 5.74) is 0. The van der Waals surface area contributed by atoms with Gasteiger partial charge in [0, 0.05) is 6.61 Å². The Morgan fingerprint density at radius 2 is 2.24 bits per heavy atom. The maximum Gasteiger partial charge on any atom is 0.374 e. The standard InChI is InChI=1S/C12H18O5/c1-2-9(14)10-5-6-11(17-10)12(15)16-8-4-3-7-13/h5-6,9,13-14H,2-4,7-8H2,1H3. The zero-order valence-electron chi connectivity index (χ0n) is 9.89. The molecule has 1 atom stereocenters. The molecule has 0 amide bonds. The third-order valence-corrected chi connectivity index (χ3v) is 2.33. The van der Waals surface area contributed by atoms with Gasteiger partial charge in [-0.25, -0.2) is 4.79 Å². The van der Waals surface area contributed by atoms with Crippen molar-refractivity contribution in [3.05, 3.63) is 23.7 Å². The number of hydrogen-bond donors (Lipinski definition) is 2. The minimum atomic E-state index is -0.689. The molecular formula is C12H18O5. The fourth-order valence-electron chi connectivity index (χ4n) is 1.29. The Morgan fingerprint density at radius 1 is 1.47 bits per heavy atom. The van der Waals surface area contributed by atoms with E-state index in [1.165, 1.54) is 6.07 Å². The Balaban J connectivity index is 2.44. The van der Waals surface area contributed by atoms with Gasteiger partial charge in [0.1, 0.15) is 11.9 Å². The van der Waals surface area contributed by atoms with Crippen molar-refractivity contribution in [1.29, 1.82) is 0 Å². The Labute approximate surface area is 100 Å². The monoisotopic (exact) mass is 242 g/mol. The van der Waals surface area contributed by atoms with Crippen LogP contribution in [0.25, 0.3) is 0 Å². The van der Waals surface area contributed by atoms with E-state index in [-0.39, 0.29) is 19.0 Å². The Kier molecular flexibility index (Phi) is 5.72. The van der Waals surface area contributed by atoms with E-state index in [4.69, 9.17) is 14.3 Å². The van der Waals surface area contributed by atoms with Gasteiger partial charge in [-0.15, -0.1) is 0 Å². The van der Waals surface area contributed by atoms with Crippen LogP contribution in [-0.2, 0) is 4.74 Å². The molecule has 0 saturated heterocycles. The first-order valence-corrected chi connectivity index (χ1v) is 5.74. The highest BCUT2D eigenvalue weighted by Gasteiger charge is 2.15. The second-order valence-corrected chi connectivity index (χ2v) is 3.69. The van der Waals surface area contributed by atoms with E-state index in [0.29, 0.717) is 25.0 Å². The lowest BCUT2D eigenvalue weighted by atomic mass is 10.2. The molecule has 0 aliphatic heterocycles. The number of aliphatic hydroxyl groups excluding tert-OH is 2. The van der Waals surface area contributed by atoms with E-state index < -0.39 is 12.1 Å². The minimum absolute atomic E-state index is 0.0884. The van der Waals surface area contributed by atoms with Crippen LogP contribution in [0, 0.1) is 0 Å². The molecule has 1 heterocycles. The fraction of sp³-hybridized carbons (Fsp3) is 0.583. The summed E-state index contributed by atoms with van der Waals surface area (Å²) >= 11 is 0. The second-order valence-electron chi connectivity index (χ2n) is 3.69. The third kappa shape index (κ3) is 4.20. The van der Waals surface area contributed by atoms with Crippen LogP contribution in [0.15, 0.2) is 16.5 Å². The number of unbranched alkanes of at least 4 members (excludes halogenated alkanes) is 1. The van der Waals surface area contributed by atoms with Crippen molar-refractivity contribution in [2.75, 3.05) is 13.2 Å². The molecule has 5 nitrogen and oxygen atoms in total. The van der Waals surface area contributed by atoms with Crippen molar-refractivity contribution in [3.8, 4) is 0 Å². The van der Waals surface area contributed by atoms with Crippen molar-refractivity contribution in [1.82, 2.24) is 0 Å². The van der Waals surface area contributed by atoms with Crippen LogP contribution in [0.2, 0.25) is 0 Å². The predicted molar refractivity (Wildman–Crippen MR) is 60.6 cm³/mol. The van der Waals surface area contributed by atoms with Gasteiger partial charge in [0.2, 0.25) is 5.76 Å². The Bertz CT molecular complexity index is 344. The number of esters is 1. The molecule has 0 bridgehead atoms. The van der Waals surface area contributed by atoms with Crippen LogP contribution < -0.4 is 0 Å². The van der Waals surface area contributed by atoms with E-state index in [1.54, 1.807) is 6.07 Å². The summed E-state index contributed by atoms with van der Waals surface area (Å²) in [5, 5.41) is 18.1. The normalized spacial score (nSPS) is 12.4. The SMILES string of the molecule is CCC(O)c1ccc(C(=O)OCCCCO)o1. The molecular weight excluding hydrogens is 224 g/mol. The Hall–Kier alpha value is -1.33. The largest absolute Gasteiger partial charge is 0.460 e. The number of rotatable bonds is 7. The first kappa shape index (κ1) is 13.7. The average Bonchev–Trinajstić information content (AvgIpc) is 2.83. The fourth-order valence-corrected chi connectivity index (χ4v) is 1.29. The van der Waals surface area contributed by atoms with Gasteiger partial charge in [0.05, 0.1) is 6.61 Å². The summed E-state index contributed by atoms with van der Waals surface area (Å²) in [6, 6.07) is 3.06. The van der Waals surface area contributed by atoms with Gasteiger partial charge in [-0.05, 0) is 31.4 Å². The van der Waals surface area contributed by atoms with Crippen LogP contribution in [0.5, 0.6) is 0 Å². The lowest BCUT2D eigenvalue weighted by molar-refractivity contribution is 0.0447. The van der Waals surface area contributed by atoms with Crippen LogP contribution in [0.1, 0.15) is 48.6 Å². The summed E-state index contributed by atoms with van der Waals surface area (Å²) in [5.74, 6) is -0.0798. The highest BCUT2D eigenvalue weighted by Crippen LogP contribution is 2.19. The maximum atomic E-state index is 11.5. The molecule has 5 heteroatoms. The van der Waals surface area contributed by atoms with E-state index in [0.717, 1.165) is 0 Å². The smallest absolute Gasteiger partial charge is 0.374 e. The van der Waals surface area contributed by atoms with Crippen LogP contribution in [0.3, 0.4) is 0 Å². The predicted octanol–water partition coefficient (Wildman–Crippen LogP) is 1.65. The van der Waals surface area contributed by atoms with Crippen molar-refractivity contribution in [3.63, 3.8) is 0 Å². The summed E-state index contributed by atoms with van der Waals surface area (Å²) in [7, 11) is 0. The van der Waals surface area contributed by atoms with Crippen molar-refractivity contribution >= 4 is 5.97 Å². The lowest BCUT2D eigenvalue weighted by Gasteiger charge is -2.03. The number of carbonyl (C=O) groups excluding carboxylic acids is 1. The van der Waals surface area contributed by atoms with E-state index in [2.05, 4.69) is 0 Å². The molecule has 0 radical (unpaired) electrons. The van der Waals surface area contributed by atoms with Crippen LogP contribution >= 0.6 is 0 Å². The first-order chi connectivity index (χ1) is 8.19. The number of furan rings is 1. The van der Waals surface area contributed by atoms with Gasteiger partial charge >= 0.3 is 5.97 Å². The van der Waals surface area contributed by atoms with Gasteiger partial charge < -0.3 is 19.4 Å². The molecule has 0 spiro atoms. The molecule has 17 heavy (non-hydrogen) atoms. The molecule has 0 aromatic carbocycles. The van der Waals surface area contributed by atoms with Gasteiger partial charge in [0.15, 0.2) is 0 Å². The van der Waals surface area contributed by atoms with Crippen molar-refractivity contribution < 1.29 is 24.2 Å². The van der Waals surface area contributed by atoms with Crippen LogP contribution in [0.4, 0.5) is 0 Å². The van der Waals surface area contributed by atoms with Gasteiger partial charge in [-0.2, -0.15) is 0 Å². The number of carbonyl (C=O) groups is 1. The van der Waals surface area contributed by atoms with Crippen LogP contribution in [-0.4, -0.2) is 29.4 Å². The topological polar surface area (TPSA) is 79.9 Å². The summed E-state index contributed by atoms with van der Waals surface area (Å²) in [6.45, 7) is 2.16. The zero-order chi connectivity index (χ0) is 12.7. The molecule has 0 aliphatic rings. The highest BCUT2D eigenvalue weighted by atomic mass is 16.5. The zero-order valence-corrected chi connectivity index (χ0v) is 9.89. The molecule has 0 aliphatic carbocycles. The number of hydrogen-bond acceptors (Lipinski definition) is 5. The quantitative estimate of drug-likeness (QED) is 0.561. The third-order valence-electron chi connectivity index (χ3n) is 2.33. The molecule has 0 saturated carbocycles. The number of aliphatic hydroxyl groups is 2. The first-order valence-electron chi connectivity index (χ1n) is 5.74. The van der Waals surface area contributed by atoms with Gasteiger partial charge in [0.25, 0.3) is 0 Å². The summed E-state index contributed by atoms with van der Waals surface area (Å²) in [4.78, 5) is 11.5. The molecule has 1 rings (SSSR count). The summed E-state index contributed by atoms with van der Waals surface area (Å²) < 4.78 is 10.1. The van der Waals surface area contributed by atoms with E-state index >= 15 is 0 Å². The molecule has 96 valence electrons. The molecule has 1 unspecified atom stereocenters. The van der Waals surface area contributed by atoms with E-state index in [1.807, 2.05) is 6.92 Å². The van der Waals surface area contributed by atoms with Gasteiger partial charge in [-0.1, -0.05) is 6.92 Å². The minimum Gasteiger partial charge on any atom is -0.460 e. The molecule has 1 aromatic heterocycles.